The summed E-state index contributed by atoms with van der Waals surface area (Å²) in [4.78, 5) is 0. The first-order valence-electron chi connectivity index (χ1n) is 2.85. The lowest BCUT2D eigenvalue weighted by Gasteiger charge is -1.86. The summed E-state index contributed by atoms with van der Waals surface area (Å²) in [6.07, 6.45) is 3.83. The van der Waals surface area contributed by atoms with Crippen molar-refractivity contribution in [3.8, 4) is 0 Å². The standard InChI is InChI=1S/C6H11O2P2/c1-3-5-8-9-10(7)6-4-2/h3-4,9H,1-2,5-6H2/q+1. The Morgan fingerprint density at radius 1 is 1.50 bits per heavy atom. The number of allylic oxidation sites excluding steroid dienone is 1. The molecule has 0 aliphatic carbocycles. The Kier molecular flexibility index (Phi) is 7.06. The molecule has 0 aromatic rings. The maximum absolute atomic E-state index is 10.8. The highest BCUT2D eigenvalue weighted by Gasteiger charge is 2.11. The Balaban J connectivity index is 3.20. The highest BCUT2D eigenvalue weighted by atomic mass is 32.0. The number of hydrogen-bond acceptors (Lipinski definition) is 2. The summed E-state index contributed by atoms with van der Waals surface area (Å²) in [5, 5.41) is 0. The van der Waals surface area contributed by atoms with Crippen LogP contribution in [0.15, 0.2) is 25.3 Å². The fraction of sp³-hybridized carbons (Fsp3) is 0.333. The van der Waals surface area contributed by atoms with E-state index in [-0.39, 0.29) is 8.50 Å². The molecule has 2 atom stereocenters. The van der Waals surface area contributed by atoms with Crippen LogP contribution >= 0.6 is 16.0 Å². The predicted molar refractivity (Wildman–Crippen MR) is 47.1 cm³/mol. The molecule has 0 aliphatic rings. The fourth-order valence-corrected chi connectivity index (χ4v) is 2.23. The molecule has 0 aromatic carbocycles. The van der Waals surface area contributed by atoms with E-state index in [0.717, 1.165) is 0 Å². The van der Waals surface area contributed by atoms with Gasteiger partial charge in [-0.05, 0) is 6.08 Å². The van der Waals surface area contributed by atoms with Gasteiger partial charge in [0, 0.05) is 0 Å². The SMILES string of the molecule is C=CCOP[P+](=O)CC=C. The number of hydrogen-bond donors (Lipinski definition) is 0. The smallest absolute Gasteiger partial charge is 0.315 e. The van der Waals surface area contributed by atoms with Crippen molar-refractivity contribution in [2.75, 3.05) is 12.8 Å². The van der Waals surface area contributed by atoms with Crippen molar-refractivity contribution in [3.63, 3.8) is 0 Å². The zero-order chi connectivity index (χ0) is 7.82. The highest BCUT2D eigenvalue weighted by Crippen LogP contribution is 2.44. The fourth-order valence-electron chi connectivity index (χ4n) is 0.323. The summed E-state index contributed by atoms with van der Waals surface area (Å²) in [6, 6.07) is 0. The van der Waals surface area contributed by atoms with Crippen molar-refractivity contribution in [1.29, 1.82) is 0 Å². The van der Waals surface area contributed by atoms with E-state index in [4.69, 9.17) is 4.52 Å². The summed E-state index contributed by atoms with van der Waals surface area (Å²) in [5.41, 5.74) is 0. The van der Waals surface area contributed by atoms with Gasteiger partial charge in [0.1, 0.15) is 0 Å². The van der Waals surface area contributed by atoms with Crippen molar-refractivity contribution >= 4 is 16.0 Å². The Morgan fingerprint density at radius 2 is 2.20 bits per heavy atom. The van der Waals surface area contributed by atoms with Crippen LogP contribution in [-0.2, 0) is 9.09 Å². The van der Waals surface area contributed by atoms with Crippen molar-refractivity contribution < 1.29 is 9.09 Å². The van der Waals surface area contributed by atoms with E-state index in [9.17, 15) is 4.57 Å². The van der Waals surface area contributed by atoms with Crippen LogP contribution in [0.25, 0.3) is 0 Å². The van der Waals surface area contributed by atoms with E-state index < -0.39 is 7.49 Å². The molecule has 0 spiro atoms. The van der Waals surface area contributed by atoms with Crippen LogP contribution < -0.4 is 0 Å². The molecule has 0 aromatic heterocycles. The lowest BCUT2D eigenvalue weighted by molar-refractivity contribution is 0.423. The Morgan fingerprint density at radius 3 is 2.70 bits per heavy atom. The minimum atomic E-state index is -1.20. The Labute approximate surface area is 63.9 Å². The minimum Gasteiger partial charge on any atom is -0.315 e. The third kappa shape index (κ3) is 6.10. The van der Waals surface area contributed by atoms with E-state index in [1.54, 1.807) is 12.2 Å². The van der Waals surface area contributed by atoms with E-state index in [2.05, 4.69) is 13.2 Å². The zero-order valence-corrected chi connectivity index (χ0v) is 7.64. The van der Waals surface area contributed by atoms with Gasteiger partial charge in [-0.1, -0.05) is 17.2 Å². The molecule has 0 rings (SSSR count). The second-order valence-corrected chi connectivity index (χ2v) is 5.18. The van der Waals surface area contributed by atoms with Crippen LogP contribution in [0, 0.1) is 0 Å². The largest absolute Gasteiger partial charge is 0.386 e. The third-order valence-electron chi connectivity index (χ3n) is 0.662. The molecule has 56 valence electrons. The lowest BCUT2D eigenvalue weighted by Crippen LogP contribution is -1.73. The normalized spacial score (nSPS) is 11.8. The van der Waals surface area contributed by atoms with Gasteiger partial charge in [0.15, 0.2) is 6.16 Å². The first-order chi connectivity index (χ1) is 4.81. The van der Waals surface area contributed by atoms with Crippen LogP contribution in [0.4, 0.5) is 0 Å². The van der Waals surface area contributed by atoms with Crippen LogP contribution in [0.3, 0.4) is 0 Å². The van der Waals surface area contributed by atoms with Gasteiger partial charge in [-0.2, -0.15) is 0 Å². The summed E-state index contributed by atoms with van der Waals surface area (Å²) in [6.45, 7) is 7.42. The van der Waals surface area contributed by atoms with E-state index in [1.165, 1.54) is 0 Å². The summed E-state index contributed by atoms with van der Waals surface area (Å²) in [7, 11) is -1.12. The van der Waals surface area contributed by atoms with Gasteiger partial charge in [-0.15, -0.1) is 6.58 Å². The molecule has 0 fully saturated rings. The molecule has 0 heterocycles. The average Bonchev–Trinajstić information content (AvgIpc) is 1.89. The van der Waals surface area contributed by atoms with Gasteiger partial charge in [0.25, 0.3) is 8.50 Å². The van der Waals surface area contributed by atoms with Gasteiger partial charge >= 0.3 is 7.49 Å². The first-order valence-corrected chi connectivity index (χ1v) is 6.04. The molecule has 10 heavy (non-hydrogen) atoms. The Bertz CT molecular complexity index is 134. The molecule has 0 radical (unpaired) electrons. The van der Waals surface area contributed by atoms with E-state index in [0.29, 0.717) is 12.8 Å². The molecule has 0 N–H and O–H groups in total. The number of rotatable bonds is 6. The molecular formula is C6H11O2P2+. The van der Waals surface area contributed by atoms with Crippen molar-refractivity contribution in [1.82, 2.24) is 0 Å². The summed E-state index contributed by atoms with van der Waals surface area (Å²) < 4.78 is 15.8. The molecular weight excluding hydrogens is 166 g/mol. The molecule has 4 heteroatoms. The van der Waals surface area contributed by atoms with E-state index in [1.807, 2.05) is 0 Å². The second-order valence-electron chi connectivity index (χ2n) is 1.54. The van der Waals surface area contributed by atoms with Crippen LogP contribution in [-0.4, -0.2) is 12.8 Å². The van der Waals surface area contributed by atoms with E-state index >= 15 is 0 Å². The molecule has 2 unspecified atom stereocenters. The summed E-state index contributed by atoms with van der Waals surface area (Å²) in [5.74, 6) is 0. The maximum Gasteiger partial charge on any atom is 0.386 e. The maximum atomic E-state index is 10.8. The zero-order valence-electron chi connectivity index (χ0n) is 5.75. The van der Waals surface area contributed by atoms with Gasteiger partial charge in [0.05, 0.1) is 6.61 Å². The van der Waals surface area contributed by atoms with Gasteiger partial charge in [-0.3, -0.25) is 0 Å². The van der Waals surface area contributed by atoms with Crippen molar-refractivity contribution in [2.24, 2.45) is 0 Å². The molecule has 2 nitrogen and oxygen atoms in total. The molecule has 0 saturated heterocycles. The van der Waals surface area contributed by atoms with Crippen LogP contribution in [0.2, 0.25) is 0 Å². The van der Waals surface area contributed by atoms with Gasteiger partial charge < -0.3 is 4.52 Å². The minimum absolute atomic E-state index is 0.0864. The van der Waals surface area contributed by atoms with Crippen LogP contribution in [0.5, 0.6) is 0 Å². The summed E-state index contributed by atoms with van der Waals surface area (Å²) >= 11 is 0. The Hall–Kier alpha value is -0.0300. The van der Waals surface area contributed by atoms with Gasteiger partial charge in [-0.25, -0.2) is 0 Å². The average molecular weight is 177 g/mol. The topological polar surface area (TPSA) is 26.3 Å². The molecule has 0 bridgehead atoms. The molecule has 0 aliphatic heterocycles. The van der Waals surface area contributed by atoms with Crippen molar-refractivity contribution in [3.05, 3.63) is 25.3 Å². The highest BCUT2D eigenvalue weighted by molar-refractivity contribution is 8.13. The molecule has 0 saturated carbocycles. The predicted octanol–water partition coefficient (Wildman–Crippen LogP) is 2.71. The molecule has 0 amide bonds. The second kappa shape index (κ2) is 7.08. The lowest BCUT2D eigenvalue weighted by atomic mass is 10.7. The first kappa shape index (κ1) is 9.97. The monoisotopic (exact) mass is 177 g/mol. The van der Waals surface area contributed by atoms with Gasteiger partial charge in [0.2, 0.25) is 0 Å². The third-order valence-corrected chi connectivity index (χ3v) is 3.30. The van der Waals surface area contributed by atoms with Crippen molar-refractivity contribution in [2.45, 2.75) is 0 Å². The quantitative estimate of drug-likeness (QED) is 0.354. The van der Waals surface area contributed by atoms with Crippen LogP contribution in [0.1, 0.15) is 0 Å².